The molecule has 0 radical (unpaired) electrons. The Labute approximate surface area is 172 Å². The van der Waals surface area contributed by atoms with Gasteiger partial charge in [0.05, 0.1) is 11.9 Å². The van der Waals surface area contributed by atoms with Gasteiger partial charge in [-0.1, -0.05) is 17.7 Å². The van der Waals surface area contributed by atoms with Gasteiger partial charge in [-0.05, 0) is 39.0 Å². The lowest BCUT2D eigenvalue weighted by molar-refractivity contribution is 0.0636. The van der Waals surface area contributed by atoms with Crippen LogP contribution in [0.15, 0.2) is 36.7 Å². The Morgan fingerprint density at radius 2 is 1.90 bits per heavy atom. The minimum atomic E-state index is -0.586. The molecule has 0 saturated heterocycles. The van der Waals surface area contributed by atoms with E-state index in [2.05, 4.69) is 36.2 Å². The van der Waals surface area contributed by atoms with E-state index in [0.717, 1.165) is 0 Å². The fourth-order valence-corrected chi connectivity index (χ4v) is 2.42. The molecule has 0 atom stereocenters. The molecule has 2 aromatic heterocycles. The van der Waals surface area contributed by atoms with Crippen molar-refractivity contribution in [2.24, 2.45) is 7.05 Å². The van der Waals surface area contributed by atoms with Crippen LogP contribution in [0.1, 0.15) is 20.8 Å². The van der Waals surface area contributed by atoms with Crippen molar-refractivity contribution in [3.63, 3.8) is 0 Å². The first kappa shape index (κ1) is 20.3. The highest BCUT2D eigenvalue weighted by molar-refractivity contribution is 6.31. The minimum absolute atomic E-state index is 0.104. The smallest absolute Gasteiger partial charge is 0.412 e. The largest absolute Gasteiger partial charge is 0.444 e. The van der Waals surface area contributed by atoms with Gasteiger partial charge in [0.15, 0.2) is 11.0 Å². The first-order valence-corrected chi connectivity index (χ1v) is 9.09. The Bertz CT molecular complexity index is 1020. The van der Waals surface area contributed by atoms with Crippen LogP contribution in [0.5, 0.6) is 0 Å². The number of nitrogens with one attached hydrogen (secondary N) is 3. The van der Waals surface area contributed by atoms with E-state index in [1.807, 2.05) is 0 Å². The number of ether oxygens (including phenoxy) is 1. The monoisotopic (exact) mass is 416 g/mol. The molecule has 3 rings (SSSR count). The zero-order valence-electron chi connectivity index (χ0n) is 16.4. The fourth-order valence-electron chi connectivity index (χ4n) is 2.29. The number of halogens is 1. The Balaban J connectivity index is 1.72. The summed E-state index contributed by atoms with van der Waals surface area (Å²) in [6.45, 7) is 5.39. The molecule has 29 heavy (non-hydrogen) atoms. The topological polar surface area (TPSA) is 119 Å². The molecule has 3 N–H and O–H groups in total. The lowest BCUT2D eigenvalue weighted by atomic mass is 10.2. The number of aryl methyl sites for hydroxylation is 1. The Hall–Kier alpha value is -3.40. The average molecular weight is 417 g/mol. The average Bonchev–Trinajstić information content (AvgIpc) is 3.01. The van der Waals surface area contributed by atoms with Gasteiger partial charge in [0.25, 0.3) is 0 Å². The van der Waals surface area contributed by atoms with E-state index in [0.29, 0.717) is 22.9 Å². The summed E-state index contributed by atoms with van der Waals surface area (Å²) in [4.78, 5) is 16.3. The van der Waals surface area contributed by atoms with Crippen molar-refractivity contribution in [1.82, 2.24) is 25.0 Å². The molecular weight excluding hydrogens is 396 g/mol. The van der Waals surface area contributed by atoms with E-state index in [9.17, 15) is 4.79 Å². The third kappa shape index (κ3) is 6.04. The molecule has 11 heteroatoms. The number of rotatable bonds is 5. The van der Waals surface area contributed by atoms with Crippen LogP contribution in [-0.4, -0.2) is 36.7 Å². The SMILES string of the molecule is Cn1cc(Nc2nnc(Cl)c(Nc3cccc(NC(=O)OC(C)(C)C)c3)n2)cn1. The Kier molecular flexibility index (Phi) is 5.83. The highest BCUT2D eigenvalue weighted by Crippen LogP contribution is 2.25. The van der Waals surface area contributed by atoms with Gasteiger partial charge in [0.1, 0.15) is 5.60 Å². The number of aromatic nitrogens is 5. The van der Waals surface area contributed by atoms with E-state index in [4.69, 9.17) is 16.3 Å². The van der Waals surface area contributed by atoms with Crippen molar-refractivity contribution in [1.29, 1.82) is 0 Å². The van der Waals surface area contributed by atoms with Gasteiger partial charge < -0.3 is 15.4 Å². The van der Waals surface area contributed by atoms with Gasteiger partial charge in [0.2, 0.25) is 5.95 Å². The lowest BCUT2D eigenvalue weighted by Crippen LogP contribution is -2.27. The first-order chi connectivity index (χ1) is 13.7. The standard InChI is InChI=1S/C18H21ClN8O2/c1-18(2,3)29-17(28)23-12-7-5-6-11(8-12)21-15-14(19)25-26-16(24-15)22-13-9-20-27(4)10-13/h5-10H,1-4H3,(H,23,28)(H2,21,22,24,26). The van der Waals surface area contributed by atoms with Gasteiger partial charge in [-0.3, -0.25) is 10.00 Å². The molecule has 10 nitrogen and oxygen atoms in total. The molecule has 0 aliphatic heterocycles. The molecule has 0 bridgehead atoms. The van der Waals surface area contributed by atoms with Gasteiger partial charge in [-0.2, -0.15) is 10.1 Å². The highest BCUT2D eigenvalue weighted by Gasteiger charge is 2.16. The normalized spacial score (nSPS) is 11.1. The number of anilines is 5. The number of benzene rings is 1. The van der Waals surface area contributed by atoms with Crippen LogP contribution in [0.4, 0.5) is 33.6 Å². The Morgan fingerprint density at radius 1 is 1.14 bits per heavy atom. The van der Waals surface area contributed by atoms with Crippen LogP contribution < -0.4 is 16.0 Å². The fraction of sp³-hybridized carbons (Fsp3) is 0.278. The van der Waals surface area contributed by atoms with Crippen molar-refractivity contribution in [2.75, 3.05) is 16.0 Å². The van der Waals surface area contributed by atoms with Crippen LogP contribution in [-0.2, 0) is 11.8 Å². The molecule has 0 aliphatic rings. The third-order valence-electron chi connectivity index (χ3n) is 3.38. The van der Waals surface area contributed by atoms with Crippen molar-refractivity contribution in [3.8, 4) is 0 Å². The molecule has 0 aliphatic carbocycles. The summed E-state index contributed by atoms with van der Waals surface area (Å²) in [5.41, 5.74) is 1.33. The number of nitrogens with zero attached hydrogens (tertiary/aromatic N) is 5. The van der Waals surface area contributed by atoms with Crippen molar-refractivity contribution < 1.29 is 9.53 Å². The van der Waals surface area contributed by atoms with Crippen LogP contribution in [0.25, 0.3) is 0 Å². The first-order valence-electron chi connectivity index (χ1n) is 8.71. The van der Waals surface area contributed by atoms with Crippen LogP contribution in [0.3, 0.4) is 0 Å². The number of hydrogen-bond donors (Lipinski definition) is 3. The second-order valence-electron chi connectivity index (χ2n) is 7.14. The molecule has 3 aromatic rings. The summed E-state index contributed by atoms with van der Waals surface area (Å²) in [5, 5.41) is 20.7. The predicted octanol–water partition coefficient (Wildman–Crippen LogP) is 4.09. The summed E-state index contributed by atoms with van der Waals surface area (Å²) in [7, 11) is 1.80. The maximum atomic E-state index is 12.0. The third-order valence-corrected chi connectivity index (χ3v) is 3.63. The summed E-state index contributed by atoms with van der Waals surface area (Å²) < 4.78 is 6.90. The molecule has 152 valence electrons. The maximum absolute atomic E-state index is 12.0. The van der Waals surface area contributed by atoms with E-state index in [1.54, 1.807) is 69.2 Å². The van der Waals surface area contributed by atoms with Gasteiger partial charge in [-0.15, -0.1) is 10.2 Å². The summed E-state index contributed by atoms with van der Waals surface area (Å²) in [5.74, 6) is 0.565. The molecular formula is C18H21ClN8O2. The molecule has 0 saturated carbocycles. The van der Waals surface area contributed by atoms with E-state index in [-0.39, 0.29) is 11.1 Å². The van der Waals surface area contributed by atoms with Gasteiger partial charge >= 0.3 is 6.09 Å². The van der Waals surface area contributed by atoms with Crippen LogP contribution in [0.2, 0.25) is 5.15 Å². The lowest BCUT2D eigenvalue weighted by Gasteiger charge is -2.19. The molecule has 2 heterocycles. The number of carbonyl (C=O) groups is 1. The van der Waals surface area contributed by atoms with E-state index >= 15 is 0 Å². The predicted molar refractivity (Wildman–Crippen MR) is 111 cm³/mol. The van der Waals surface area contributed by atoms with Gasteiger partial charge in [-0.25, -0.2) is 4.79 Å². The van der Waals surface area contributed by atoms with Gasteiger partial charge in [0, 0.05) is 24.6 Å². The highest BCUT2D eigenvalue weighted by atomic mass is 35.5. The second kappa shape index (κ2) is 8.31. The van der Waals surface area contributed by atoms with E-state index in [1.165, 1.54) is 0 Å². The molecule has 1 aromatic carbocycles. The second-order valence-corrected chi connectivity index (χ2v) is 7.49. The number of carbonyl (C=O) groups excluding carboxylic acids is 1. The summed E-state index contributed by atoms with van der Waals surface area (Å²) >= 11 is 6.12. The minimum Gasteiger partial charge on any atom is -0.444 e. The quantitative estimate of drug-likeness (QED) is 0.568. The molecule has 0 fully saturated rings. The zero-order valence-corrected chi connectivity index (χ0v) is 17.2. The van der Waals surface area contributed by atoms with Crippen molar-refractivity contribution in [2.45, 2.75) is 26.4 Å². The van der Waals surface area contributed by atoms with Crippen molar-refractivity contribution >= 4 is 46.5 Å². The van der Waals surface area contributed by atoms with Crippen LogP contribution >= 0.6 is 11.6 Å². The van der Waals surface area contributed by atoms with Crippen LogP contribution in [0, 0.1) is 0 Å². The number of hydrogen-bond acceptors (Lipinski definition) is 8. The van der Waals surface area contributed by atoms with Crippen molar-refractivity contribution in [3.05, 3.63) is 41.8 Å². The number of amides is 1. The molecule has 0 spiro atoms. The summed E-state index contributed by atoms with van der Waals surface area (Å²) in [6.07, 6.45) is 2.87. The maximum Gasteiger partial charge on any atom is 0.412 e. The summed E-state index contributed by atoms with van der Waals surface area (Å²) in [6, 6.07) is 7.03. The Morgan fingerprint density at radius 3 is 2.59 bits per heavy atom. The molecule has 1 amide bonds. The zero-order chi connectivity index (χ0) is 21.0. The van der Waals surface area contributed by atoms with E-state index < -0.39 is 11.7 Å². The molecule has 0 unspecified atom stereocenters.